The van der Waals surface area contributed by atoms with E-state index in [-0.39, 0.29) is 127 Å². The lowest BCUT2D eigenvalue weighted by atomic mass is 9.94. The van der Waals surface area contributed by atoms with Gasteiger partial charge in [0.05, 0.1) is 19.3 Å². The van der Waals surface area contributed by atoms with Crippen molar-refractivity contribution in [2.45, 2.75) is 98.4 Å². The van der Waals surface area contributed by atoms with Gasteiger partial charge in [-0.3, -0.25) is 43.2 Å². The van der Waals surface area contributed by atoms with Crippen LogP contribution in [0.5, 0.6) is 0 Å². The first kappa shape index (κ1) is 66.3. The van der Waals surface area contributed by atoms with E-state index < -0.39 is 0 Å². The van der Waals surface area contributed by atoms with Crippen molar-refractivity contribution in [3.8, 4) is 0 Å². The monoisotopic (exact) mass is 1150 g/mol. The van der Waals surface area contributed by atoms with Crippen molar-refractivity contribution < 1.29 is 57.4 Å². The molecular formula is C66H72O12S3. The van der Waals surface area contributed by atoms with E-state index in [4.69, 9.17) is 14.2 Å². The Morgan fingerprint density at radius 3 is 0.691 bits per heavy atom. The molecule has 12 nitrogen and oxygen atoms in total. The van der Waals surface area contributed by atoms with Gasteiger partial charge in [0.1, 0.15) is 37.2 Å². The molecule has 0 bridgehead atoms. The molecule has 0 spiro atoms. The summed E-state index contributed by atoms with van der Waals surface area (Å²) < 4.78 is 15.7. The lowest BCUT2D eigenvalue weighted by Crippen LogP contribution is -2.21. The van der Waals surface area contributed by atoms with Crippen LogP contribution in [0.2, 0.25) is 0 Å². The van der Waals surface area contributed by atoms with Crippen LogP contribution in [-0.2, 0) is 96.4 Å². The number of Topliss-reactive ketones (excluding diaryl/α,β-unsaturated/α-hetero) is 3. The number of thioether (sulfide) groups is 3. The summed E-state index contributed by atoms with van der Waals surface area (Å²) in [6, 6.07) is 57.4. The van der Waals surface area contributed by atoms with Gasteiger partial charge in [-0.25, -0.2) is 0 Å². The van der Waals surface area contributed by atoms with Gasteiger partial charge in [-0.15, -0.1) is 0 Å². The number of esters is 3. The van der Waals surface area contributed by atoms with Gasteiger partial charge in [0, 0.05) is 75.0 Å². The highest BCUT2D eigenvalue weighted by atomic mass is 32.2. The smallest absolute Gasteiger partial charge is 0.306 e. The van der Waals surface area contributed by atoms with E-state index in [2.05, 4.69) is 0 Å². The summed E-state index contributed by atoms with van der Waals surface area (Å²) in [5.41, 5.74) is 5.89. The van der Waals surface area contributed by atoms with Crippen LogP contribution in [0, 0.1) is 17.8 Å². The first-order valence-corrected chi connectivity index (χ1v) is 29.8. The van der Waals surface area contributed by atoms with E-state index in [1.54, 1.807) is 0 Å². The third-order valence-electron chi connectivity index (χ3n) is 12.3. The lowest BCUT2D eigenvalue weighted by molar-refractivity contribution is -0.146. The molecule has 0 aliphatic carbocycles. The molecule has 0 aliphatic heterocycles. The van der Waals surface area contributed by atoms with E-state index in [0.29, 0.717) is 36.5 Å². The zero-order valence-corrected chi connectivity index (χ0v) is 48.7. The van der Waals surface area contributed by atoms with Crippen LogP contribution in [0.15, 0.2) is 182 Å². The van der Waals surface area contributed by atoms with E-state index in [9.17, 15) is 43.2 Å². The Bertz CT molecular complexity index is 2540. The number of hydrogen-bond donors (Lipinski definition) is 0. The third kappa shape index (κ3) is 30.3. The summed E-state index contributed by atoms with van der Waals surface area (Å²) in [4.78, 5) is 107. The summed E-state index contributed by atoms with van der Waals surface area (Å²) in [5, 5.41) is -0.0330. The highest BCUT2D eigenvalue weighted by molar-refractivity contribution is 8.14. The normalized spacial score (nSPS) is 11.6. The molecule has 0 fully saturated rings. The Hall–Kier alpha value is -7.20. The third-order valence-corrected chi connectivity index (χ3v) is 15.2. The molecule has 0 aliphatic rings. The van der Waals surface area contributed by atoms with E-state index >= 15 is 0 Å². The number of benzene rings is 6. The van der Waals surface area contributed by atoms with E-state index in [1.807, 2.05) is 182 Å². The minimum atomic E-state index is -0.384. The fourth-order valence-corrected chi connectivity index (χ4v) is 10.1. The molecular weight excluding hydrogens is 1080 g/mol. The Morgan fingerprint density at radius 2 is 0.494 bits per heavy atom. The molecule has 426 valence electrons. The highest BCUT2D eigenvalue weighted by Crippen LogP contribution is 2.22. The molecule has 0 N–H and O–H groups in total. The molecule has 6 aromatic rings. The minimum Gasteiger partial charge on any atom is -0.461 e. The van der Waals surface area contributed by atoms with Crippen molar-refractivity contribution in [3.63, 3.8) is 0 Å². The molecule has 3 atom stereocenters. The van der Waals surface area contributed by atoms with Crippen molar-refractivity contribution in [2.75, 3.05) is 17.3 Å². The van der Waals surface area contributed by atoms with E-state index in [0.717, 1.165) is 68.7 Å². The Labute approximate surface area is 489 Å². The Balaban J connectivity index is 0.000000261. The van der Waals surface area contributed by atoms with Crippen LogP contribution in [0.25, 0.3) is 0 Å². The maximum Gasteiger partial charge on any atom is 0.306 e. The van der Waals surface area contributed by atoms with Gasteiger partial charge >= 0.3 is 17.9 Å². The Morgan fingerprint density at radius 1 is 0.296 bits per heavy atom. The standard InChI is InChI=1S/3C22H24O4S/c3*1-17(23)27-16-20(14-18-8-4-2-5-9-18)21(24)12-13-22(25)26-15-19-10-6-3-7-11-19/h3*2-11,20H,12-16H2,1H3/t2*20-;/m10./s1. The average molecular weight is 1150 g/mol. The van der Waals surface area contributed by atoms with Crippen molar-refractivity contribution in [1.29, 1.82) is 0 Å². The van der Waals surface area contributed by atoms with Crippen LogP contribution in [-0.4, -0.2) is 67.9 Å². The predicted octanol–water partition coefficient (Wildman–Crippen LogP) is 12.7. The van der Waals surface area contributed by atoms with Crippen molar-refractivity contribution in [2.24, 2.45) is 17.8 Å². The average Bonchev–Trinajstić information content (AvgIpc) is 3.48. The van der Waals surface area contributed by atoms with Gasteiger partial charge in [-0.2, -0.15) is 0 Å². The maximum absolute atomic E-state index is 12.6. The molecule has 81 heavy (non-hydrogen) atoms. The molecule has 0 amide bonds. The first-order valence-electron chi connectivity index (χ1n) is 26.8. The van der Waals surface area contributed by atoms with Crippen LogP contribution < -0.4 is 0 Å². The topological polar surface area (TPSA) is 181 Å². The summed E-state index contributed by atoms with van der Waals surface area (Å²) in [7, 11) is 0. The second kappa shape index (κ2) is 39.2. The number of ether oxygens (including phenoxy) is 3. The molecule has 0 heterocycles. The molecule has 0 radical (unpaired) electrons. The maximum atomic E-state index is 12.6. The lowest BCUT2D eigenvalue weighted by Gasteiger charge is -2.15. The molecule has 0 aromatic heterocycles. The molecule has 6 rings (SSSR count). The number of hydrogen-bond acceptors (Lipinski definition) is 15. The zero-order chi connectivity index (χ0) is 58.5. The molecule has 1 unspecified atom stereocenters. The van der Waals surface area contributed by atoms with Gasteiger partial charge in [0.2, 0.25) is 0 Å². The SMILES string of the molecule is CC(=O)SCC(Cc1ccccc1)C(=O)CCC(=O)OCc1ccccc1.CC(=O)SC[C@@H](Cc1ccccc1)C(=O)CCC(=O)OCc1ccccc1.CC(=O)SC[C@H](Cc1ccccc1)C(=O)CCC(=O)OCc1ccccc1. The second-order valence-electron chi connectivity index (χ2n) is 18.9. The minimum absolute atomic E-state index is 0.00994. The molecule has 6 aromatic carbocycles. The number of carbonyl (C=O) groups is 9. The van der Waals surface area contributed by atoms with Gasteiger partial charge in [-0.05, 0) is 52.6 Å². The first-order chi connectivity index (χ1) is 39.1. The zero-order valence-electron chi connectivity index (χ0n) is 46.3. The van der Waals surface area contributed by atoms with Gasteiger partial charge in [0.15, 0.2) is 15.3 Å². The van der Waals surface area contributed by atoms with Crippen molar-refractivity contribution in [1.82, 2.24) is 0 Å². The largest absolute Gasteiger partial charge is 0.461 e. The summed E-state index contributed by atoms with van der Waals surface area (Å²) >= 11 is 3.46. The van der Waals surface area contributed by atoms with Crippen LogP contribution in [0.3, 0.4) is 0 Å². The van der Waals surface area contributed by atoms with Crippen LogP contribution >= 0.6 is 35.3 Å². The highest BCUT2D eigenvalue weighted by Gasteiger charge is 2.24. The number of ketones is 3. The molecule has 0 saturated carbocycles. The summed E-state index contributed by atoms with van der Waals surface area (Å²) in [6.45, 7) is 5.12. The Kier molecular flexibility index (Phi) is 32.1. The second-order valence-corrected chi connectivity index (χ2v) is 22.5. The van der Waals surface area contributed by atoms with Gasteiger partial charge < -0.3 is 14.2 Å². The summed E-state index contributed by atoms with van der Waals surface area (Å²) in [5.74, 6) is -0.751. The predicted molar refractivity (Wildman–Crippen MR) is 322 cm³/mol. The fourth-order valence-electron chi connectivity index (χ4n) is 7.87. The molecule has 15 heteroatoms. The fraction of sp³-hybridized carbons (Fsp3) is 0.318. The molecule has 0 saturated heterocycles. The number of carbonyl (C=O) groups excluding carboxylic acids is 9. The number of rotatable bonds is 30. The summed E-state index contributed by atoms with van der Waals surface area (Å²) in [6.07, 6.45) is 2.26. The van der Waals surface area contributed by atoms with Crippen LogP contribution in [0.1, 0.15) is 92.7 Å². The van der Waals surface area contributed by atoms with E-state index in [1.165, 1.54) is 20.8 Å². The van der Waals surface area contributed by atoms with Gasteiger partial charge in [0.25, 0.3) is 0 Å². The van der Waals surface area contributed by atoms with Gasteiger partial charge in [-0.1, -0.05) is 217 Å². The van der Waals surface area contributed by atoms with Crippen molar-refractivity contribution >= 4 is 85.9 Å². The van der Waals surface area contributed by atoms with Crippen LogP contribution in [0.4, 0.5) is 0 Å². The van der Waals surface area contributed by atoms with Crippen molar-refractivity contribution in [3.05, 3.63) is 215 Å². The quantitative estimate of drug-likeness (QED) is 0.0307.